The maximum absolute atomic E-state index is 13.3. The first-order chi connectivity index (χ1) is 13.7. The molecule has 1 atom stereocenters. The van der Waals surface area contributed by atoms with Gasteiger partial charge in [0.25, 0.3) is 5.91 Å². The van der Waals surface area contributed by atoms with Crippen LogP contribution >= 0.6 is 0 Å². The second kappa shape index (κ2) is 6.50. The van der Waals surface area contributed by atoms with Crippen molar-refractivity contribution in [1.29, 1.82) is 0 Å². The van der Waals surface area contributed by atoms with Gasteiger partial charge in [-0.15, -0.1) is 0 Å². The van der Waals surface area contributed by atoms with E-state index < -0.39 is 0 Å². The fraction of sp³-hybridized carbons (Fsp3) is 0.0833. The van der Waals surface area contributed by atoms with Gasteiger partial charge in [-0.05, 0) is 24.6 Å². The fourth-order valence-corrected chi connectivity index (χ4v) is 3.88. The highest BCUT2D eigenvalue weighted by molar-refractivity contribution is 6.11. The van der Waals surface area contributed by atoms with Gasteiger partial charge in [0, 0.05) is 16.8 Å². The summed E-state index contributed by atoms with van der Waals surface area (Å²) in [6, 6.07) is 28.0. The van der Waals surface area contributed by atoms with Crippen molar-refractivity contribution >= 4 is 11.6 Å². The van der Waals surface area contributed by atoms with Crippen LogP contribution in [0.15, 0.2) is 84.9 Å². The zero-order chi connectivity index (χ0) is 19.1. The van der Waals surface area contributed by atoms with Crippen LogP contribution in [0.5, 0.6) is 0 Å². The summed E-state index contributed by atoms with van der Waals surface area (Å²) in [7, 11) is 0. The van der Waals surface area contributed by atoms with Crippen LogP contribution in [0, 0.1) is 6.92 Å². The van der Waals surface area contributed by atoms with Crippen LogP contribution in [0.3, 0.4) is 0 Å². The lowest BCUT2D eigenvalue weighted by Gasteiger charge is -2.26. The Hall–Kier alpha value is -3.66. The van der Waals surface area contributed by atoms with Gasteiger partial charge in [-0.1, -0.05) is 78.4 Å². The molecule has 1 amide bonds. The molecule has 2 heterocycles. The van der Waals surface area contributed by atoms with E-state index in [1.165, 1.54) is 5.56 Å². The highest BCUT2D eigenvalue weighted by atomic mass is 16.2. The van der Waals surface area contributed by atoms with Gasteiger partial charge in [-0.2, -0.15) is 5.10 Å². The zero-order valence-electron chi connectivity index (χ0n) is 15.5. The fourth-order valence-electron chi connectivity index (χ4n) is 3.88. The topological polar surface area (TPSA) is 49.0 Å². The minimum Gasteiger partial charge on any atom is -0.295 e. The molecule has 4 nitrogen and oxygen atoms in total. The van der Waals surface area contributed by atoms with Crippen LogP contribution in [0.25, 0.3) is 11.3 Å². The number of H-pyrrole nitrogens is 1. The first kappa shape index (κ1) is 16.5. The van der Waals surface area contributed by atoms with Crippen LogP contribution in [0.4, 0.5) is 5.69 Å². The first-order valence-corrected chi connectivity index (χ1v) is 9.33. The predicted octanol–water partition coefficient (Wildman–Crippen LogP) is 5.13. The number of rotatable bonds is 3. The monoisotopic (exact) mass is 365 g/mol. The molecule has 0 aliphatic carbocycles. The van der Waals surface area contributed by atoms with E-state index in [2.05, 4.69) is 41.4 Å². The van der Waals surface area contributed by atoms with Crippen LogP contribution in [0.2, 0.25) is 0 Å². The van der Waals surface area contributed by atoms with Gasteiger partial charge in [0.05, 0.1) is 11.7 Å². The lowest BCUT2D eigenvalue weighted by atomic mass is 9.95. The van der Waals surface area contributed by atoms with E-state index in [1.807, 2.05) is 65.6 Å². The van der Waals surface area contributed by atoms with Gasteiger partial charge < -0.3 is 0 Å². The smallest absolute Gasteiger partial charge is 0.277 e. The second-order valence-corrected chi connectivity index (χ2v) is 7.05. The molecule has 28 heavy (non-hydrogen) atoms. The van der Waals surface area contributed by atoms with Crippen molar-refractivity contribution < 1.29 is 4.79 Å². The van der Waals surface area contributed by atoms with Crippen molar-refractivity contribution in [2.24, 2.45) is 0 Å². The average molecular weight is 365 g/mol. The summed E-state index contributed by atoms with van der Waals surface area (Å²) >= 11 is 0. The Morgan fingerprint density at radius 3 is 2.18 bits per heavy atom. The molecule has 0 fully saturated rings. The maximum atomic E-state index is 13.3. The lowest BCUT2D eigenvalue weighted by Crippen LogP contribution is -2.29. The number of nitrogens with zero attached hydrogens (tertiary/aromatic N) is 2. The summed E-state index contributed by atoms with van der Waals surface area (Å²) in [6.07, 6.45) is 0. The molecule has 3 aromatic carbocycles. The molecule has 1 aliphatic rings. The molecule has 1 N–H and O–H groups in total. The largest absolute Gasteiger partial charge is 0.295 e. The molecule has 0 bridgehead atoms. The molecule has 136 valence electrons. The molecule has 1 aliphatic heterocycles. The van der Waals surface area contributed by atoms with Gasteiger partial charge in [0.15, 0.2) is 0 Å². The molecule has 0 radical (unpaired) electrons. The summed E-state index contributed by atoms with van der Waals surface area (Å²) in [5.74, 6) is -0.0542. The van der Waals surface area contributed by atoms with Crippen molar-refractivity contribution in [1.82, 2.24) is 10.2 Å². The average Bonchev–Trinajstić information content (AvgIpc) is 3.29. The number of aromatic nitrogens is 2. The molecular formula is C24H19N3O. The number of benzene rings is 3. The van der Waals surface area contributed by atoms with E-state index in [4.69, 9.17) is 0 Å². The number of para-hydroxylation sites is 1. The summed E-state index contributed by atoms with van der Waals surface area (Å²) < 4.78 is 0. The number of hydrogen-bond acceptors (Lipinski definition) is 2. The molecule has 4 heteroatoms. The number of aromatic amines is 1. The Bertz CT molecular complexity index is 1130. The number of amides is 1. The molecule has 0 saturated heterocycles. The Morgan fingerprint density at radius 2 is 1.50 bits per heavy atom. The van der Waals surface area contributed by atoms with Gasteiger partial charge in [0.1, 0.15) is 5.69 Å². The molecule has 0 saturated carbocycles. The third-order valence-corrected chi connectivity index (χ3v) is 5.24. The Kier molecular flexibility index (Phi) is 3.83. The summed E-state index contributed by atoms with van der Waals surface area (Å²) in [6.45, 7) is 2.07. The maximum Gasteiger partial charge on any atom is 0.277 e. The number of aryl methyl sites for hydroxylation is 1. The third kappa shape index (κ3) is 2.54. The van der Waals surface area contributed by atoms with Crippen molar-refractivity contribution in [3.63, 3.8) is 0 Å². The van der Waals surface area contributed by atoms with Crippen LogP contribution in [-0.4, -0.2) is 16.1 Å². The standard InChI is InChI=1S/C24H19N3O/c1-16-12-14-18(15-13-16)23-20-21(17-8-4-2-5-9-17)25-26-22(20)24(28)27(23)19-10-6-3-7-11-19/h2-15,23H,1H3,(H,25,26)/t23-/m1/s1. The van der Waals surface area contributed by atoms with Gasteiger partial charge in [0.2, 0.25) is 0 Å². The Balaban J connectivity index is 1.73. The number of carbonyl (C=O) groups excluding carboxylic acids is 1. The number of anilines is 1. The van der Waals surface area contributed by atoms with E-state index >= 15 is 0 Å². The van der Waals surface area contributed by atoms with Crippen molar-refractivity contribution in [2.75, 3.05) is 4.90 Å². The molecule has 0 spiro atoms. The number of nitrogens with one attached hydrogen (secondary N) is 1. The normalized spacial score (nSPS) is 15.7. The summed E-state index contributed by atoms with van der Waals surface area (Å²) in [5.41, 5.74) is 6.46. The molecule has 4 aromatic rings. The highest BCUT2D eigenvalue weighted by Crippen LogP contribution is 2.44. The molecule has 1 aromatic heterocycles. The predicted molar refractivity (Wildman–Crippen MR) is 110 cm³/mol. The van der Waals surface area contributed by atoms with Crippen molar-refractivity contribution in [3.05, 3.63) is 107 Å². The third-order valence-electron chi connectivity index (χ3n) is 5.24. The van der Waals surface area contributed by atoms with Crippen molar-refractivity contribution in [3.8, 4) is 11.3 Å². The summed E-state index contributed by atoms with van der Waals surface area (Å²) in [5, 5.41) is 7.51. The minimum absolute atomic E-state index is 0.0542. The van der Waals surface area contributed by atoms with E-state index in [-0.39, 0.29) is 11.9 Å². The number of carbonyl (C=O) groups is 1. The van der Waals surface area contributed by atoms with E-state index in [0.29, 0.717) is 5.69 Å². The van der Waals surface area contributed by atoms with Crippen LogP contribution in [0.1, 0.15) is 33.2 Å². The van der Waals surface area contributed by atoms with E-state index in [9.17, 15) is 4.79 Å². The van der Waals surface area contributed by atoms with Gasteiger partial charge in [-0.3, -0.25) is 14.8 Å². The van der Waals surface area contributed by atoms with E-state index in [0.717, 1.165) is 28.1 Å². The van der Waals surface area contributed by atoms with Crippen LogP contribution < -0.4 is 4.90 Å². The Labute approximate surface area is 163 Å². The SMILES string of the molecule is Cc1ccc([C@@H]2c3c(-c4ccccc4)n[nH]c3C(=O)N2c2ccccc2)cc1. The van der Waals surface area contributed by atoms with Gasteiger partial charge in [-0.25, -0.2) is 0 Å². The molecule has 0 unspecified atom stereocenters. The van der Waals surface area contributed by atoms with E-state index in [1.54, 1.807) is 0 Å². The summed E-state index contributed by atoms with van der Waals surface area (Å²) in [4.78, 5) is 15.2. The molecule has 5 rings (SSSR count). The highest BCUT2D eigenvalue weighted by Gasteiger charge is 2.42. The minimum atomic E-state index is -0.223. The Morgan fingerprint density at radius 1 is 0.857 bits per heavy atom. The number of fused-ring (bicyclic) bond motifs is 1. The molecular weight excluding hydrogens is 346 g/mol. The zero-order valence-corrected chi connectivity index (χ0v) is 15.5. The first-order valence-electron chi connectivity index (χ1n) is 9.33. The number of hydrogen-bond donors (Lipinski definition) is 1. The van der Waals surface area contributed by atoms with Crippen molar-refractivity contribution in [2.45, 2.75) is 13.0 Å². The van der Waals surface area contributed by atoms with Gasteiger partial charge >= 0.3 is 0 Å². The second-order valence-electron chi connectivity index (χ2n) is 7.05. The van der Waals surface area contributed by atoms with Crippen LogP contribution in [-0.2, 0) is 0 Å². The lowest BCUT2D eigenvalue weighted by molar-refractivity contribution is 0.0989. The quantitative estimate of drug-likeness (QED) is 0.547.